The number of hydrogen-bond acceptors (Lipinski definition) is 2. The van der Waals surface area contributed by atoms with Crippen LogP contribution in [0.15, 0.2) is 24.3 Å². The third kappa shape index (κ3) is 1.71. The second-order valence-corrected chi connectivity index (χ2v) is 4.94. The summed E-state index contributed by atoms with van der Waals surface area (Å²) in [5.74, 6) is 0. The second-order valence-electron chi connectivity index (χ2n) is 4.50. The molecule has 2 aromatic rings. The van der Waals surface area contributed by atoms with Crippen molar-refractivity contribution in [2.75, 3.05) is 0 Å². The minimum atomic E-state index is 0.502. The van der Waals surface area contributed by atoms with Gasteiger partial charge in [0.2, 0.25) is 0 Å². The quantitative estimate of drug-likeness (QED) is 0.781. The van der Waals surface area contributed by atoms with E-state index in [9.17, 15) is 0 Å². The number of hydrogen-bond donors (Lipinski definition) is 1. The molecular weight excluding hydrogens is 228 g/mol. The predicted octanol–water partition coefficient (Wildman–Crippen LogP) is 2.75. The summed E-state index contributed by atoms with van der Waals surface area (Å²) in [5.41, 5.74) is 10.4. The summed E-state index contributed by atoms with van der Waals surface area (Å²) in [7, 11) is 0. The van der Waals surface area contributed by atoms with Crippen molar-refractivity contribution in [2.45, 2.75) is 25.7 Å². The van der Waals surface area contributed by atoms with Crippen molar-refractivity contribution in [1.29, 1.82) is 0 Å². The fraction of sp³-hybridized carbons (Fsp3) is 0.286. The summed E-state index contributed by atoms with van der Waals surface area (Å²) >= 11 is 5.22. The van der Waals surface area contributed by atoms with Gasteiger partial charge in [0.15, 0.2) is 0 Å². The Kier molecular flexibility index (Phi) is 2.56. The van der Waals surface area contributed by atoms with Gasteiger partial charge in [-0.25, -0.2) is 0 Å². The highest BCUT2D eigenvalue weighted by Crippen LogP contribution is 2.28. The molecule has 1 heterocycles. The van der Waals surface area contributed by atoms with Gasteiger partial charge in [0.25, 0.3) is 0 Å². The summed E-state index contributed by atoms with van der Waals surface area (Å²) in [6.07, 6.45) is 4.54. The van der Waals surface area contributed by atoms with Crippen LogP contribution in [0.1, 0.15) is 29.7 Å². The summed E-state index contributed by atoms with van der Waals surface area (Å²) in [4.78, 5) is 5.25. The smallest absolute Gasteiger partial charge is 0.105 e. The zero-order valence-corrected chi connectivity index (χ0v) is 10.4. The Morgan fingerprint density at radius 3 is 2.76 bits per heavy atom. The molecular formula is C14H14N2S. The van der Waals surface area contributed by atoms with E-state index in [2.05, 4.69) is 6.07 Å². The number of aromatic nitrogens is 1. The topological polar surface area (TPSA) is 38.9 Å². The third-order valence-corrected chi connectivity index (χ3v) is 3.62. The molecule has 0 bridgehead atoms. The molecule has 17 heavy (non-hydrogen) atoms. The lowest BCUT2D eigenvalue weighted by Crippen LogP contribution is -2.18. The molecule has 0 fully saturated rings. The van der Waals surface area contributed by atoms with Crippen LogP contribution in [0.3, 0.4) is 0 Å². The number of thiocarbonyl (C=S) groups is 1. The van der Waals surface area contributed by atoms with Crippen molar-refractivity contribution in [3.8, 4) is 0 Å². The van der Waals surface area contributed by atoms with E-state index < -0.39 is 0 Å². The van der Waals surface area contributed by atoms with Gasteiger partial charge in [-0.05, 0) is 37.3 Å². The average molecular weight is 242 g/mol. The van der Waals surface area contributed by atoms with Gasteiger partial charge in [0, 0.05) is 16.6 Å². The van der Waals surface area contributed by atoms with E-state index in [1.807, 2.05) is 18.2 Å². The second kappa shape index (κ2) is 4.08. The van der Waals surface area contributed by atoms with Crippen LogP contribution in [0.25, 0.3) is 10.9 Å². The number of nitrogens with zero attached hydrogens (tertiary/aromatic N) is 1. The highest BCUT2D eigenvalue weighted by atomic mass is 32.1. The van der Waals surface area contributed by atoms with Crippen molar-refractivity contribution in [3.63, 3.8) is 0 Å². The van der Waals surface area contributed by atoms with Crippen LogP contribution in [-0.2, 0) is 12.8 Å². The fourth-order valence-corrected chi connectivity index (χ4v) is 2.89. The van der Waals surface area contributed by atoms with E-state index in [1.165, 1.54) is 24.1 Å². The largest absolute Gasteiger partial charge is 0.389 e. The first-order valence-electron chi connectivity index (χ1n) is 5.97. The molecule has 86 valence electrons. The molecule has 0 radical (unpaired) electrons. The molecule has 1 aliphatic rings. The van der Waals surface area contributed by atoms with Crippen LogP contribution in [0.5, 0.6) is 0 Å². The number of benzene rings is 1. The first-order valence-corrected chi connectivity index (χ1v) is 6.38. The Balaban J connectivity index is 2.40. The zero-order chi connectivity index (χ0) is 11.8. The summed E-state index contributed by atoms with van der Waals surface area (Å²) in [6, 6.07) is 8.12. The maximum atomic E-state index is 5.91. The molecule has 0 unspecified atom stereocenters. The number of pyridine rings is 1. The maximum Gasteiger partial charge on any atom is 0.105 e. The Labute approximate surface area is 106 Å². The lowest BCUT2D eigenvalue weighted by atomic mass is 9.90. The SMILES string of the molecule is NC(=S)c1c2c(nc3ccccc13)CCCC2. The molecule has 3 heteroatoms. The van der Waals surface area contributed by atoms with Crippen LogP contribution in [0.2, 0.25) is 0 Å². The summed E-state index contributed by atoms with van der Waals surface area (Å²) in [6.45, 7) is 0. The van der Waals surface area contributed by atoms with Crippen LogP contribution >= 0.6 is 12.2 Å². The molecule has 0 spiro atoms. The monoisotopic (exact) mass is 242 g/mol. The number of aryl methyl sites for hydroxylation is 1. The molecule has 0 atom stereocenters. The number of para-hydroxylation sites is 1. The summed E-state index contributed by atoms with van der Waals surface area (Å²) < 4.78 is 0. The highest BCUT2D eigenvalue weighted by Gasteiger charge is 2.18. The molecule has 0 aliphatic heterocycles. The molecule has 1 aromatic carbocycles. The number of rotatable bonds is 1. The lowest BCUT2D eigenvalue weighted by molar-refractivity contribution is 0.670. The Bertz CT molecular complexity index is 604. The molecule has 0 saturated heterocycles. The first kappa shape index (κ1) is 10.7. The molecule has 1 aromatic heterocycles. The van der Waals surface area contributed by atoms with Crippen molar-refractivity contribution in [3.05, 3.63) is 41.1 Å². The van der Waals surface area contributed by atoms with Crippen molar-refractivity contribution < 1.29 is 0 Å². The molecule has 1 aliphatic carbocycles. The first-order chi connectivity index (χ1) is 8.27. The highest BCUT2D eigenvalue weighted by molar-refractivity contribution is 7.80. The van der Waals surface area contributed by atoms with Crippen LogP contribution < -0.4 is 5.73 Å². The van der Waals surface area contributed by atoms with Gasteiger partial charge >= 0.3 is 0 Å². The summed E-state index contributed by atoms with van der Waals surface area (Å²) in [5, 5.41) is 1.10. The van der Waals surface area contributed by atoms with E-state index in [1.54, 1.807) is 0 Å². The number of nitrogens with two attached hydrogens (primary N) is 1. The Hall–Kier alpha value is -1.48. The van der Waals surface area contributed by atoms with Gasteiger partial charge in [-0.15, -0.1) is 0 Å². The minimum absolute atomic E-state index is 0.502. The van der Waals surface area contributed by atoms with Gasteiger partial charge in [-0.1, -0.05) is 30.4 Å². The van der Waals surface area contributed by atoms with Gasteiger partial charge in [-0.2, -0.15) is 0 Å². The lowest BCUT2D eigenvalue weighted by Gasteiger charge is -2.20. The fourth-order valence-electron chi connectivity index (χ4n) is 2.65. The minimum Gasteiger partial charge on any atom is -0.389 e. The van der Waals surface area contributed by atoms with E-state index >= 15 is 0 Å². The predicted molar refractivity (Wildman–Crippen MR) is 74.3 cm³/mol. The normalized spacial score (nSPS) is 14.6. The van der Waals surface area contributed by atoms with Crippen LogP contribution in [0, 0.1) is 0 Å². The Morgan fingerprint density at radius 1 is 1.18 bits per heavy atom. The maximum absolute atomic E-state index is 5.91. The zero-order valence-electron chi connectivity index (χ0n) is 9.57. The van der Waals surface area contributed by atoms with Crippen molar-refractivity contribution >= 4 is 28.1 Å². The molecule has 0 amide bonds. The third-order valence-electron chi connectivity index (χ3n) is 3.42. The van der Waals surface area contributed by atoms with E-state index in [-0.39, 0.29) is 0 Å². The van der Waals surface area contributed by atoms with Gasteiger partial charge in [0.1, 0.15) is 4.99 Å². The van der Waals surface area contributed by atoms with Crippen molar-refractivity contribution in [1.82, 2.24) is 4.98 Å². The Morgan fingerprint density at radius 2 is 1.94 bits per heavy atom. The standard InChI is InChI=1S/C14H14N2S/c15-14(17)13-9-5-1-3-7-11(9)16-12-8-4-2-6-10(12)13/h1,3,5,7H,2,4,6,8H2,(H2,15,17). The molecule has 2 nitrogen and oxygen atoms in total. The van der Waals surface area contributed by atoms with Gasteiger partial charge < -0.3 is 5.73 Å². The van der Waals surface area contributed by atoms with Crippen molar-refractivity contribution in [2.24, 2.45) is 5.73 Å². The van der Waals surface area contributed by atoms with Crippen LogP contribution in [-0.4, -0.2) is 9.97 Å². The number of fused-ring (bicyclic) bond motifs is 2. The van der Waals surface area contributed by atoms with Gasteiger partial charge in [0.05, 0.1) is 5.52 Å². The van der Waals surface area contributed by atoms with Crippen LogP contribution in [0.4, 0.5) is 0 Å². The molecule has 3 rings (SSSR count). The molecule has 0 saturated carbocycles. The van der Waals surface area contributed by atoms with E-state index in [0.717, 1.165) is 29.3 Å². The molecule has 2 N–H and O–H groups in total. The average Bonchev–Trinajstić information content (AvgIpc) is 2.35. The van der Waals surface area contributed by atoms with Gasteiger partial charge in [-0.3, -0.25) is 4.98 Å². The van der Waals surface area contributed by atoms with E-state index in [4.69, 9.17) is 22.9 Å². The van der Waals surface area contributed by atoms with E-state index in [0.29, 0.717) is 4.99 Å².